The van der Waals surface area contributed by atoms with Gasteiger partial charge in [0.05, 0.1) is 0 Å². The van der Waals surface area contributed by atoms with E-state index in [1.807, 2.05) is 12.2 Å². The maximum Gasteiger partial charge on any atom is 0.269 e. The molecular weight excluding hydrogens is 218 g/mol. The SMILES string of the molecule is O=C1C=CC(CNCC2C=CC(=O)N=C2)C=N1. The zero-order valence-corrected chi connectivity index (χ0v) is 9.24. The molecule has 0 saturated carbocycles. The van der Waals surface area contributed by atoms with Gasteiger partial charge in [0.1, 0.15) is 0 Å². The third-order valence-corrected chi connectivity index (χ3v) is 2.52. The molecule has 2 amide bonds. The number of nitrogens with zero attached hydrogens (tertiary/aromatic N) is 2. The van der Waals surface area contributed by atoms with Gasteiger partial charge in [-0.1, -0.05) is 12.2 Å². The fourth-order valence-electron chi connectivity index (χ4n) is 1.59. The second kappa shape index (κ2) is 5.45. The summed E-state index contributed by atoms with van der Waals surface area (Å²) >= 11 is 0. The summed E-state index contributed by atoms with van der Waals surface area (Å²) in [6.07, 6.45) is 9.90. The summed E-state index contributed by atoms with van der Waals surface area (Å²) in [5.74, 6) is -0.109. The van der Waals surface area contributed by atoms with Crippen LogP contribution in [0.3, 0.4) is 0 Å². The minimum atomic E-state index is -0.206. The van der Waals surface area contributed by atoms with Crippen LogP contribution < -0.4 is 5.32 Å². The van der Waals surface area contributed by atoms with E-state index in [1.165, 1.54) is 12.2 Å². The highest BCUT2D eigenvalue weighted by Crippen LogP contribution is 2.03. The van der Waals surface area contributed by atoms with E-state index < -0.39 is 0 Å². The molecule has 1 N–H and O–H groups in total. The molecule has 2 aliphatic rings. The van der Waals surface area contributed by atoms with Crippen LogP contribution in [0.1, 0.15) is 0 Å². The quantitative estimate of drug-likeness (QED) is 0.748. The van der Waals surface area contributed by atoms with E-state index in [4.69, 9.17) is 0 Å². The standard InChI is InChI=1S/C12H13N3O2/c16-11-3-1-9(7-14-11)5-13-6-10-2-4-12(17)15-8-10/h1-4,7-10,13H,5-6H2. The predicted molar refractivity (Wildman–Crippen MR) is 65.1 cm³/mol. The van der Waals surface area contributed by atoms with Crippen molar-refractivity contribution >= 4 is 24.2 Å². The van der Waals surface area contributed by atoms with Gasteiger partial charge in [-0.15, -0.1) is 0 Å². The minimum absolute atomic E-state index is 0.152. The lowest BCUT2D eigenvalue weighted by Crippen LogP contribution is -2.29. The molecule has 0 fully saturated rings. The van der Waals surface area contributed by atoms with Crippen LogP contribution in [0, 0.1) is 11.8 Å². The molecule has 2 rings (SSSR count). The van der Waals surface area contributed by atoms with Crippen LogP contribution in [0.4, 0.5) is 0 Å². The van der Waals surface area contributed by atoms with Gasteiger partial charge in [-0.25, -0.2) is 9.98 Å². The number of nitrogens with one attached hydrogen (secondary N) is 1. The Balaban J connectivity index is 1.70. The molecule has 2 atom stereocenters. The molecule has 0 aromatic rings. The van der Waals surface area contributed by atoms with E-state index in [2.05, 4.69) is 15.3 Å². The summed E-state index contributed by atoms with van der Waals surface area (Å²) in [6.45, 7) is 1.44. The molecular formula is C12H13N3O2. The van der Waals surface area contributed by atoms with Gasteiger partial charge in [-0.3, -0.25) is 9.59 Å². The lowest BCUT2D eigenvalue weighted by Gasteiger charge is -2.14. The molecule has 0 bridgehead atoms. The predicted octanol–water partition coefficient (Wildman–Crippen LogP) is 0.143. The number of carbonyl (C=O) groups excluding carboxylic acids is 2. The molecule has 5 nitrogen and oxygen atoms in total. The van der Waals surface area contributed by atoms with E-state index in [1.54, 1.807) is 12.4 Å². The van der Waals surface area contributed by atoms with Crippen molar-refractivity contribution in [1.82, 2.24) is 5.32 Å². The average Bonchev–Trinajstić information content (AvgIpc) is 2.34. The summed E-state index contributed by atoms with van der Waals surface area (Å²) in [5.41, 5.74) is 0. The summed E-state index contributed by atoms with van der Waals surface area (Å²) in [4.78, 5) is 29.0. The summed E-state index contributed by atoms with van der Waals surface area (Å²) in [7, 11) is 0. The highest BCUT2D eigenvalue weighted by atomic mass is 16.1. The summed E-state index contributed by atoms with van der Waals surface area (Å²) in [5, 5.41) is 3.25. The third kappa shape index (κ3) is 3.57. The molecule has 0 aromatic carbocycles. The van der Waals surface area contributed by atoms with Crippen LogP contribution >= 0.6 is 0 Å². The Morgan fingerprint density at radius 2 is 1.41 bits per heavy atom. The maximum absolute atomic E-state index is 10.8. The zero-order valence-electron chi connectivity index (χ0n) is 9.24. The molecule has 0 saturated heterocycles. The Morgan fingerprint density at radius 1 is 0.941 bits per heavy atom. The minimum Gasteiger partial charge on any atom is -0.315 e. The van der Waals surface area contributed by atoms with Gasteiger partial charge < -0.3 is 5.32 Å². The van der Waals surface area contributed by atoms with Crippen molar-refractivity contribution in [3.05, 3.63) is 24.3 Å². The zero-order chi connectivity index (χ0) is 12.1. The van der Waals surface area contributed by atoms with Gasteiger partial charge in [0, 0.05) is 49.5 Å². The largest absolute Gasteiger partial charge is 0.315 e. The first-order valence-corrected chi connectivity index (χ1v) is 5.47. The summed E-state index contributed by atoms with van der Waals surface area (Å²) in [6, 6.07) is 0. The third-order valence-electron chi connectivity index (χ3n) is 2.52. The molecule has 5 heteroatoms. The van der Waals surface area contributed by atoms with Crippen LogP contribution in [0.15, 0.2) is 34.3 Å². The smallest absolute Gasteiger partial charge is 0.269 e. The van der Waals surface area contributed by atoms with Gasteiger partial charge in [-0.2, -0.15) is 0 Å². The molecule has 0 aliphatic carbocycles. The van der Waals surface area contributed by atoms with E-state index >= 15 is 0 Å². The lowest BCUT2D eigenvalue weighted by atomic mass is 10.1. The van der Waals surface area contributed by atoms with E-state index in [0.717, 1.165) is 13.1 Å². The Morgan fingerprint density at radius 3 is 1.76 bits per heavy atom. The first-order valence-electron chi connectivity index (χ1n) is 5.47. The van der Waals surface area contributed by atoms with Crippen LogP contribution in [0.2, 0.25) is 0 Å². The van der Waals surface area contributed by atoms with Gasteiger partial charge >= 0.3 is 0 Å². The second-order valence-corrected chi connectivity index (χ2v) is 3.94. The Bertz CT molecular complexity index is 363. The highest BCUT2D eigenvalue weighted by Gasteiger charge is 2.10. The lowest BCUT2D eigenvalue weighted by molar-refractivity contribution is -0.114. The first-order chi connectivity index (χ1) is 8.24. The molecule has 2 heterocycles. The molecule has 88 valence electrons. The van der Waals surface area contributed by atoms with Gasteiger partial charge in [0.15, 0.2) is 0 Å². The number of amides is 2. The normalized spacial score (nSPS) is 26.8. The molecule has 2 aliphatic heterocycles. The molecule has 17 heavy (non-hydrogen) atoms. The topological polar surface area (TPSA) is 70.9 Å². The van der Waals surface area contributed by atoms with Crippen molar-refractivity contribution in [3.8, 4) is 0 Å². The number of carbonyl (C=O) groups is 2. The molecule has 0 aromatic heterocycles. The van der Waals surface area contributed by atoms with Gasteiger partial charge in [0.2, 0.25) is 0 Å². The van der Waals surface area contributed by atoms with Crippen molar-refractivity contribution in [1.29, 1.82) is 0 Å². The maximum atomic E-state index is 10.8. The number of aliphatic imine (C=N–C) groups is 2. The fraction of sp³-hybridized carbons (Fsp3) is 0.333. The molecule has 0 spiro atoms. The van der Waals surface area contributed by atoms with Crippen molar-refractivity contribution in [3.63, 3.8) is 0 Å². The van der Waals surface area contributed by atoms with Crippen LogP contribution in [-0.4, -0.2) is 37.3 Å². The van der Waals surface area contributed by atoms with Crippen LogP contribution in [0.25, 0.3) is 0 Å². The Hall–Kier alpha value is -1.88. The van der Waals surface area contributed by atoms with E-state index in [9.17, 15) is 9.59 Å². The van der Waals surface area contributed by atoms with Crippen molar-refractivity contribution in [2.75, 3.05) is 13.1 Å². The second-order valence-electron chi connectivity index (χ2n) is 3.94. The average molecular weight is 231 g/mol. The number of hydrogen-bond donors (Lipinski definition) is 1. The van der Waals surface area contributed by atoms with E-state index in [-0.39, 0.29) is 23.7 Å². The van der Waals surface area contributed by atoms with Gasteiger partial charge in [0.25, 0.3) is 11.8 Å². The number of dihydropyridines is 2. The Labute approximate surface area is 99.0 Å². The summed E-state index contributed by atoms with van der Waals surface area (Å²) < 4.78 is 0. The molecule has 0 radical (unpaired) electrons. The Kier molecular flexibility index (Phi) is 3.72. The van der Waals surface area contributed by atoms with Crippen molar-refractivity contribution in [2.45, 2.75) is 0 Å². The first kappa shape index (κ1) is 11.6. The van der Waals surface area contributed by atoms with Crippen LogP contribution in [0.5, 0.6) is 0 Å². The monoisotopic (exact) mass is 231 g/mol. The van der Waals surface area contributed by atoms with Crippen molar-refractivity contribution < 1.29 is 9.59 Å². The number of hydrogen-bond acceptors (Lipinski definition) is 3. The van der Waals surface area contributed by atoms with Crippen molar-refractivity contribution in [2.24, 2.45) is 21.8 Å². The fourth-order valence-corrected chi connectivity index (χ4v) is 1.59. The van der Waals surface area contributed by atoms with Crippen LogP contribution in [-0.2, 0) is 9.59 Å². The van der Waals surface area contributed by atoms with E-state index in [0.29, 0.717) is 0 Å². The number of rotatable bonds is 4. The highest BCUT2D eigenvalue weighted by molar-refractivity contribution is 5.97. The van der Waals surface area contributed by atoms with Gasteiger partial charge in [-0.05, 0) is 0 Å². The molecule has 2 unspecified atom stereocenters.